The minimum absolute atomic E-state index is 0.00526. The predicted octanol–water partition coefficient (Wildman–Crippen LogP) is 6.00. The summed E-state index contributed by atoms with van der Waals surface area (Å²) in [6, 6.07) is 11.2. The van der Waals surface area contributed by atoms with Crippen LogP contribution < -0.4 is 9.47 Å². The number of aliphatic hydroxyl groups is 1. The van der Waals surface area contributed by atoms with Gasteiger partial charge in [0.1, 0.15) is 12.7 Å². The number of methoxy groups -OCH3 is 1. The van der Waals surface area contributed by atoms with Crippen LogP contribution in [0.15, 0.2) is 42.5 Å². The maximum Gasteiger partial charge on any atom is 0.417 e. The van der Waals surface area contributed by atoms with Crippen molar-refractivity contribution in [1.29, 1.82) is 0 Å². The molecular weight excluding hydrogens is 523 g/mol. The Balaban J connectivity index is 1.86. The summed E-state index contributed by atoms with van der Waals surface area (Å²) in [6.07, 6.45) is -6.06. The third-order valence-electron chi connectivity index (χ3n) is 7.34. The number of ether oxygens (including phenoxy) is 3. The minimum Gasteiger partial charge on any atom is -0.493 e. The first-order chi connectivity index (χ1) is 18.4. The van der Waals surface area contributed by atoms with Crippen LogP contribution in [0.25, 0.3) is 0 Å². The number of aryl methyl sites for hydroxylation is 1. The average Bonchev–Trinajstić information content (AvgIpc) is 3.18. The number of halogens is 5. The molecule has 2 aromatic carbocycles. The van der Waals surface area contributed by atoms with Gasteiger partial charge in [-0.1, -0.05) is 43.3 Å². The largest absolute Gasteiger partial charge is 0.493 e. The van der Waals surface area contributed by atoms with Crippen molar-refractivity contribution in [3.8, 4) is 11.6 Å². The molecule has 39 heavy (non-hydrogen) atoms. The van der Waals surface area contributed by atoms with E-state index in [0.717, 1.165) is 25.7 Å². The predicted molar refractivity (Wildman–Crippen MR) is 131 cm³/mol. The maximum absolute atomic E-state index is 14.7. The van der Waals surface area contributed by atoms with E-state index in [0.29, 0.717) is 11.3 Å². The lowest BCUT2D eigenvalue weighted by molar-refractivity contribution is -0.275. The van der Waals surface area contributed by atoms with Crippen LogP contribution in [0, 0.1) is 24.5 Å². The van der Waals surface area contributed by atoms with E-state index >= 15 is 0 Å². The molecule has 1 aliphatic heterocycles. The zero-order valence-electron chi connectivity index (χ0n) is 21.9. The van der Waals surface area contributed by atoms with Gasteiger partial charge in [-0.05, 0) is 25.5 Å². The Kier molecular flexibility index (Phi) is 8.13. The van der Waals surface area contributed by atoms with Gasteiger partial charge in [-0.15, -0.1) is 0 Å². The third-order valence-corrected chi connectivity index (χ3v) is 7.34. The second kappa shape index (κ2) is 11.1. The van der Waals surface area contributed by atoms with E-state index in [1.165, 1.54) is 13.0 Å². The Morgan fingerprint density at radius 2 is 1.77 bits per heavy atom. The second-order valence-electron chi connectivity index (χ2n) is 9.64. The summed E-state index contributed by atoms with van der Waals surface area (Å²) in [6.45, 7) is 3.75. The molecular formula is C28H29F5N2O4. The molecule has 6 nitrogen and oxygen atoms in total. The number of alkyl halides is 3. The van der Waals surface area contributed by atoms with Gasteiger partial charge in [0.15, 0.2) is 23.0 Å². The Labute approximate surface area is 222 Å². The molecule has 0 radical (unpaired) electrons. The van der Waals surface area contributed by atoms with Crippen LogP contribution in [0.3, 0.4) is 0 Å². The van der Waals surface area contributed by atoms with Crippen molar-refractivity contribution in [2.45, 2.75) is 57.6 Å². The Morgan fingerprint density at radius 1 is 1.08 bits per heavy atom. The van der Waals surface area contributed by atoms with Crippen LogP contribution >= 0.6 is 0 Å². The minimum atomic E-state index is -4.80. The summed E-state index contributed by atoms with van der Waals surface area (Å²) in [5, 5.41) is 9.58. The van der Waals surface area contributed by atoms with E-state index in [1.54, 1.807) is 6.92 Å². The SMILES string of the molecule is COc1c([C@H]2[C@H](c3nc(C)c(CCO)c(OCc4ccccc4)n3)O[C@@](C)(C(F)(F)F)[C@H]2C)ccc(F)c1F. The number of nitrogens with zero attached hydrogens (tertiary/aromatic N) is 2. The topological polar surface area (TPSA) is 73.7 Å². The van der Waals surface area contributed by atoms with E-state index in [4.69, 9.17) is 14.2 Å². The zero-order valence-corrected chi connectivity index (χ0v) is 21.9. The summed E-state index contributed by atoms with van der Waals surface area (Å²) in [5.74, 6) is -5.49. The lowest BCUT2D eigenvalue weighted by Gasteiger charge is -2.32. The molecule has 3 aromatic rings. The summed E-state index contributed by atoms with van der Waals surface area (Å²) in [7, 11) is 1.11. The lowest BCUT2D eigenvalue weighted by atomic mass is 9.77. The van der Waals surface area contributed by atoms with Crippen LogP contribution in [-0.2, 0) is 17.8 Å². The van der Waals surface area contributed by atoms with Gasteiger partial charge >= 0.3 is 6.18 Å². The molecule has 4 atom stereocenters. The molecule has 0 amide bonds. The lowest BCUT2D eigenvalue weighted by Crippen LogP contribution is -2.46. The zero-order chi connectivity index (χ0) is 28.5. The molecule has 1 N–H and O–H groups in total. The number of aliphatic hydroxyl groups excluding tert-OH is 1. The van der Waals surface area contributed by atoms with Crippen molar-refractivity contribution in [1.82, 2.24) is 9.97 Å². The van der Waals surface area contributed by atoms with E-state index in [1.807, 2.05) is 30.3 Å². The monoisotopic (exact) mass is 552 g/mol. The molecule has 0 unspecified atom stereocenters. The van der Waals surface area contributed by atoms with Gasteiger partial charge in [0.05, 0.1) is 7.11 Å². The van der Waals surface area contributed by atoms with Crippen molar-refractivity contribution < 1.29 is 41.3 Å². The first kappa shape index (κ1) is 28.7. The van der Waals surface area contributed by atoms with E-state index in [-0.39, 0.29) is 36.9 Å². The first-order valence-corrected chi connectivity index (χ1v) is 12.3. The second-order valence-corrected chi connectivity index (χ2v) is 9.64. The molecule has 1 aliphatic rings. The van der Waals surface area contributed by atoms with E-state index < -0.39 is 47.1 Å². The Hall–Kier alpha value is -3.31. The highest BCUT2D eigenvalue weighted by atomic mass is 19.4. The quantitative estimate of drug-likeness (QED) is 0.346. The molecule has 0 spiro atoms. The number of rotatable bonds is 8. The number of hydrogen-bond acceptors (Lipinski definition) is 6. The molecule has 0 bridgehead atoms. The summed E-state index contributed by atoms with van der Waals surface area (Å²) in [4.78, 5) is 8.90. The van der Waals surface area contributed by atoms with Crippen LogP contribution in [0.1, 0.15) is 54.1 Å². The summed E-state index contributed by atoms with van der Waals surface area (Å²) in [5.41, 5.74) is -0.974. The average molecular weight is 553 g/mol. The smallest absolute Gasteiger partial charge is 0.417 e. The van der Waals surface area contributed by atoms with E-state index in [9.17, 15) is 27.1 Å². The molecule has 0 saturated carbocycles. The first-order valence-electron chi connectivity index (χ1n) is 12.3. The maximum atomic E-state index is 14.7. The van der Waals surface area contributed by atoms with Crippen molar-refractivity contribution in [2.75, 3.05) is 13.7 Å². The van der Waals surface area contributed by atoms with Crippen molar-refractivity contribution in [3.05, 3.63) is 82.3 Å². The summed E-state index contributed by atoms with van der Waals surface area (Å²) < 4.78 is 88.5. The van der Waals surface area contributed by atoms with Crippen molar-refractivity contribution in [3.63, 3.8) is 0 Å². The van der Waals surface area contributed by atoms with Crippen LogP contribution in [-0.4, -0.2) is 40.6 Å². The van der Waals surface area contributed by atoms with Crippen molar-refractivity contribution in [2.24, 2.45) is 5.92 Å². The number of aromatic nitrogens is 2. The van der Waals surface area contributed by atoms with Gasteiger partial charge < -0.3 is 19.3 Å². The van der Waals surface area contributed by atoms with Gasteiger partial charge in [0.25, 0.3) is 0 Å². The summed E-state index contributed by atoms with van der Waals surface area (Å²) >= 11 is 0. The Bertz CT molecular complexity index is 1320. The highest BCUT2D eigenvalue weighted by Gasteiger charge is 2.65. The fourth-order valence-electron chi connectivity index (χ4n) is 5.00. The van der Waals surface area contributed by atoms with Crippen molar-refractivity contribution >= 4 is 0 Å². The molecule has 11 heteroatoms. The molecule has 1 fully saturated rings. The number of benzene rings is 2. The molecule has 1 aromatic heterocycles. The van der Waals surface area contributed by atoms with Gasteiger partial charge in [0.2, 0.25) is 11.7 Å². The molecule has 4 rings (SSSR count). The van der Waals surface area contributed by atoms with Crippen LogP contribution in [0.4, 0.5) is 22.0 Å². The van der Waals surface area contributed by atoms with Gasteiger partial charge in [0, 0.05) is 41.7 Å². The normalized spacial score (nSPS) is 23.2. The standard InChI is InChI=1S/C28H29F5N2O4/c1-15-21(19-10-11-20(29)22(30)23(19)37-4)24(39-27(15,3)28(31,32)33)25-34-16(2)18(12-13-36)26(35-25)38-14-17-8-6-5-7-9-17/h5-11,15,21,24,36H,12-14H2,1-4H3/t15-,21-,24+,27+/m0/s1. The van der Waals surface area contributed by atoms with E-state index in [2.05, 4.69) is 9.97 Å². The highest BCUT2D eigenvalue weighted by Crippen LogP contribution is 2.59. The fourth-order valence-corrected chi connectivity index (χ4v) is 5.00. The third kappa shape index (κ3) is 5.29. The van der Waals surface area contributed by atoms with Crippen LogP contribution in [0.2, 0.25) is 0 Å². The fraction of sp³-hybridized carbons (Fsp3) is 0.429. The van der Waals surface area contributed by atoms with Gasteiger partial charge in [-0.3, -0.25) is 0 Å². The highest BCUT2D eigenvalue weighted by molar-refractivity contribution is 5.42. The molecule has 0 aliphatic carbocycles. The molecule has 1 saturated heterocycles. The molecule has 2 heterocycles. The van der Waals surface area contributed by atoms with Gasteiger partial charge in [-0.25, -0.2) is 9.37 Å². The Morgan fingerprint density at radius 3 is 2.38 bits per heavy atom. The van der Waals surface area contributed by atoms with Crippen LogP contribution in [0.5, 0.6) is 11.6 Å². The number of hydrogen-bond donors (Lipinski definition) is 1. The molecule has 210 valence electrons. The van der Waals surface area contributed by atoms with Gasteiger partial charge in [-0.2, -0.15) is 22.5 Å².